The van der Waals surface area contributed by atoms with Crippen molar-refractivity contribution in [3.8, 4) is 0 Å². The fraction of sp³-hybridized carbons (Fsp3) is 0.481. The van der Waals surface area contributed by atoms with Crippen LogP contribution in [-0.4, -0.2) is 31.1 Å². The molecule has 32 heavy (non-hydrogen) atoms. The van der Waals surface area contributed by atoms with Crippen molar-refractivity contribution in [2.24, 2.45) is 5.92 Å². The summed E-state index contributed by atoms with van der Waals surface area (Å²) < 4.78 is 5.56. The molecule has 1 N–H and O–H groups in total. The average molecular weight is 435 g/mol. The lowest BCUT2D eigenvalue weighted by Gasteiger charge is -2.26. The molecule has 5 nitrogen and oxygen atoms in total. The Morgan fingerprint density at radius 2 is 1.78 bits per heavy atom. The molecular formula is C27H34N2O3. The number of amides is 2. The summed E-state index contributed by atoms with van der Waals surface area (Å²) in [5, 5.41) is 2.98. The lowest BCUT2D eigenvalue weighted by molar-refractivity contribution is -0.122. The number of anilines is 1. The standard InChI is InChI=1S/C27H34N2O3/c1-20-6-4-7-22(16-20)19-29(27(31)23-8-2-3-9-23)24-13-11-21(12-14-24)17-26(30)28-18-25-10-5-15-32-25/h4,6-7,11-14,16,23,25H,2-3,5,8-10,15,17-19H2,1H3,(H,28,30). The van der Waals surface area contributed by atoms with Gasteiger partial charge in [-0.1, -0.05) is 54.8 Å². The van der Waals surface area contributed by atoms with E-state index in [4.69, 9.17) is 4.74 Å². The van der Waals surface area contributed by atoms with Crippen LogP contribution in [0.4, 0.5) is 5.69 Å². The molecule has 1 unspecified atom stereocenters. The minimum atomic E-state index is 0.00639. The number of ether oxygens (including phenoxy) is 1. The molecule has 1 heterocycles. The van der Waals surface area contributed by atoms with Crippen molar-refractivity contribution in [2.45, 2.75) is 64.5 Å². The first-order valence-electron chi connectivity index (χ1n) is 11.9. The third-order valence-electron chi connectivity index (χ3n) is 6.56. The monoisotopic (exact) mass is 434 g/mol. The second kappa shape index (κ2) is 10.8. The highest BCUT2D eigenvalue weighted by molar-refractivity contribution is 5.95. The van der Waals surface area contributed by atoms with Crippen molar-refractivity contribution in [1.82, 2.24) is 5.32 Å². The van der Waals surface area contributed by atoms with Crippen molar-refractivity contribution in [1.29, 1.82) is 0 Å². The SMILES string of the molecule is Cc1cccc(CN(C(=O)C2CCCC2)c2ccc(CC(=O)NCC3CCCO3)cc2)c1. The third-order valence-corrected chi connectivity index (χ3v) is 6.56. The molecule has 4 rings (SSSR count). The highest BCUT2D eigenvalue weighted by Crippen LogP contribution is 2.30. The molecule has 2 aliphatic rings. The first-order valence-corrected chi connectivity index (χ1v) is 11.9. The molecule has 5 heteroatoms. The van der Waals surface area contributed by atoms with Crippen molar-refractivity contribution >= 4 is 17.5 Å². The topological polar surface area (TPSA) is 58.6 Å². The van der Waals surface area contributed by atoms with E-state index in [1.54, 1.807) is 0 Å². The zero-order valence-electron chi connectivity index (χ0n) is 19.0. The summed E-state index contributed by atoms with van der Waals surface area (Å²) in [7, 11) is 0. The van der Waals surface area contributed by atoms with Crippen LogP contribution in [-0.2, 0) is 27.3 Å². The van der Waals surface area contributed by atoms with Crippen LogP contribution in [0.5, 0.6) is 0 Å². The maximum atomic E-state index is 13.4. The molecular weight excluding hydrogens is 400 g/mol. The van der Waals surface area contributed by atoms with Crippen LogP contribution in [0.2, 0.25) is 0 Å². The minimum Gasteiger partial charge on any atom is -0.376 e. The summed E-state index contributed by atoms with van der Waals surface area (Å²) in [4.78, 5) is 27.6. The Morgan fingerprint density at radius 3 is 2.47 bits per heavy atom. The van der Waals surface area contributed by atoms with E-state index in [1.807, 2.05) is 35.2 Å². The fourth-order valence-corrected chi connectivity index (χ4v) is 4.76. The van der Waals surface area contributed by atoms with Crippen molar-refractivity contribution in [2.75, 3.05) is 18.1 Å². The van der Waals surface area contributed by atoms with E-state index in [1.165, 1.54) is 5.56 Å². The van der Waals surface area contributed by atoms with Crippen LogP contribution < -0.4 is 10.2 Å². The van der Waals surface area contributed by atoms with E-state index in [0.29, 0.717) is 19.5 Å². The number of hydrogen-bond donors (Lipinski definition) is 1. The largest absolute Gasteiger partial charge is 0.376 e. The molecule has 1 atom stereocenters. The number of aryl methyl sites for hydroxylation is 1. The third kappa shape index (κ3) is 5.98. The van der Waals surface area contributed by atoms with E-state index in [-0.39, 0.29) is 23.8 Å². The van der Waals surface area contributed by atoms with Gasteiger partial charge in [0.15, 0.2) is 0 Å². The maximum Gasteiger partial charge on any atom is 0.230 e. The smallest absolute Gasteiger partial charge is 0.230 e. The molecule has 2 aromatic rings. The summed E-state index contributed by atoms with van der Waals surface area (Å²) in [5.74, 6) is 0.334. The van der Waals surface area contributed by atoms with E-state index in [9.17, 15) is 9.59 Å². The van der Waals surface area contributed by atoms with Gasteiger partial charge in [-0.05, 0) is 55.9 Å². The predicted octanol–water partition coefficient (Wildman–Crippen LogP) is 4.56. The lowest BCUT2D eigenvalue weighted by atomic mass is 10.0. The molecule has 0 radical (unpaired) electrons. The van der Waals surface area contributed by atoms with Gasteiger partial charge in [0.2, 0.25) is 11.8 Å². The van der Waals surface area contributed by atoms with Crippen LogP contribution in [0.1, 0.15) is 55.2 Å². The molecule has 0 spiro atoms. The van der Waals surface area contributed by atoms with Crippen molar-refractivity contribution < 1.29 is 14.3 Å². The molecule has 2 amide bonds. The predicted molar refractivity (Wildman–Crippen MR) is 126 cm³/mol. The molecule has 170 valence electrons. The van der Waals surface area contributed by atoms with Crippen LogP contribution in [0.25, 0.3) is 0 Å². The van der Waals surface area contributed by atoms with Gasteiger partial charge in [-0.3, -0.25) is 9.59 Å². The fourth-order valence-electron chi connectivity index (χ4n) is 4.76. The van der Waals surface area contributed by atoms with Gasteiger partial charge in [0.1, 0.15) is 0 Å². The number of hydrogen-bond acceptors (Lipinski definition) is 3. The molecule has 0 aromatic heterocycles. The number of carbonyl (C=O) groups excluding carboxylic acids is 2. The highest BCUT2D eigenvalue weighted by Gasteiger charge is 2.28. The number of carbonyl (C=O) groups is 2. The normalized spacial score (nSPS) is 18.6. The van der Waals surface area contributed by atoms with Gasteiger partial charge in [-0.2, -0.15) is 0 Å². The van der Waals surface area contributed by atoms with Gasteiger partial charge < -0.3 is 15.0 Å². The van der Waals surface area contributed by atoms with Gasteiger partial charge in [0, 0.05) is 24.8 Å². The zero-order valence-corrected chi connectivity index (χ0v) is 19.0. The summed E-state index contributed by atoms with van der Waals surface area (Å²) in [6.07, 6.45) is 6.79. The molecule has 1 saturated carbocycles. The quantitative estimate of drug-likeness (QED) is 0.663. The van der Waals surface area contributed by atoms with Crippen LogP contribution >= 0.6 is 0 Å². The van der Waals surface area contributed by atoms with E-state index in [0.717, 1.165) is 61.9 Å². The lowest BCUT2D eigenvalue weighted by Crippen LogP contribution is -2.35. The summed E-state index contributed by atoms with van der Waals surface area (Å²) in [5.41, 5.74) is 4.17. The van der Waals surface area contributed by atoms with Crippen molar-refractivity contribution in [3.63, 3.8) is 0 Å². The van der Waals surface area contributed by atoms with E-state index >= 15 is 0 Å². The second-order valence-corrected chi connectivity index (χ2v) is 9.18. The molecule has 1 aliphatic heterocycles. The van der Waals surface area contributed by atoms with Gasteiger partial charge in [-0.25, -0.2) is 0 Å². The van der Waals surface area contributed by atoms with Gasteiger partial charge in [0.25, 0.3) is 0 Å². The minimum absolute atomic E-state index is 0.00639. The average Bonchev–Trinajstić information content (AvgIpc) is 3.51. The first-order chi connectivity index (χ1) is 15.6. The molecule has 1 saturated heterocycles. The van der Waals surface area contributed by atoms with E-state index < -0.39 is 0 Å². The zero-order chi connectivity index (χ0) is 22.3. The summed E-state index contributed by atoms with van der Waals surface area (Å²) >= 11 is 0. The maximum absolute atomic E-state index is 13.4. The Labute approximate surface area is 191 Å². The Balaban J connectivity index is 1.43. The number of rotatable bonds is 8. The Bertz CT molecular complexity index is 913. The summed E-state index contributed by atoms with van der Waals surface area (Å²) in [6.45, 7) is 4.02. The molecule has 1 aliphatic carbocycles. The number of nitrogens with one attached hydrogen (secondary N) is 1. The molecule has 2 aromatic carbocycles. The summed E-state index contributed by atoms with van der Waals surface area (Å²) in [6, 6.07) is 16.2. The second-order valence-electron chi connectivity index (χ2n) is 9.18. The van der Waals surface area contributed by atoms with Crippen LogP contribution in [0.3, 0.4) is 0 Å². The Hall–Kier alpha value is -2.66. The van der Waals surface area contributed by atoms with Crippen LogP contribution in [0.15, 0.2) is 48.5 Å². The van der Waals surface area contributed by atoms with Gasteiger partial charge in [-0.15, -0.1) is 0 Å². The highest BCUT2D eigenvalue weighted by atomic mass is 16.5. The Morgan fingerprint density at radius 1 is 1.00 bits per heavy atom. The number of nitrogens with zero attached hydrogens (tertiary/aromatic N) is 1. The Kier molecular flexibility index (Phi) is 7.59. The first kappa shape index (κ1) is 22.5. The number of benzene rings is 2. The molecule has 2 fully saturated rings. The molecule has 0 bridgehead atoms. The van der Waals surface area contributed by atoms with E-state index in [2.05, 4.69) is 30.4 Å². The van der Waals surface area contributed by atoms with Gasteiger partial charge >= 0.3 is 0 Å². The van der Waals surface area contributed by atoms with Gasteiger partial charge in [0.05, 0.1) is 19.1 Å². The van der Waals surface area contributed by atoms with Crippen molar-refractivity contribution in [3.05, 3.63) is 65.2 Å². The van der Waals surface area contributed by atoms with Crippen LogP contribution in [0, 0.1) is 12.8 Å².